The van der Waals surface area contributed by atoms with E-state index in [1.54, 1.807) is 0 Å². The number of unbranched alkanes of at least 4 members (excludes halogenated alkanes) is 2. The van der Waals surface area contributed by atoms with Crippen molar-refractivity contribution in [1.29, 1.82) is 0 Å². The van der Waals surface area contributed by atoms with Crippen molar-refractivity contribution in [2.75, 3.05) is 12.5 Å². The standard InChI is InChI=1S/C6H15O3PS/c1-2-3-4-5-8-10(7)9-6-11/h10-11H,2-6H2,1H3. The first kappa shape index (κ1) is 11.5. The monoisotopic (exact) mass is 198 g/mol. The summed E-state index contributed by atoms with van der Waals surface area (Å²) in [4.78, 5) is 0. The first-order chi connectivity index (χ1) is 5.31. The van der Waals surface area contributed by atoms with Gasteiger partial charge < -0.3 is 4.52 Å². The maximum absolute atomic E-state index is 10.7. The topological polar surface area (TPSA) is 35.5 Å². The van der Waals surface area contributed by atoms with Crippen LogP contribution in [0.25, 0.3) is 0 Å². The number of thiol groups is 1. The number of hydrogen-bond donors (Lipinski definition) is 1. The molecule has 1 unspecified atom stereocenters. The van der Waals surface area contributed by atoms with Gasteiger partial charge in [0, 0.05) is 0 Å². The van der Waals surface area contributed by atoms with Crippen molar-refractivity contribution >= 4 is 20.9 Å². The van der Waals surface area contributed by atoms with Crippen LogP contribution in [0.3, 0.4) is 0 Å². The zero-order valence-electron chi connectivity index (χ0n) is 6.71. The molecule has 0 saturated heterocycles. The van der Waals surface area contributed by atoms with Gasteiger partial charge in [0.05, 0.1) is 12.5 Å². The van der Waals surface area contributed by atoms with E-state index in [2.05, 4.69) is 24.1 Å². The normalized spacial score (nSPS) is 13.3. The second-order valence-electron chi connectivity index (χ2n) is 2.08. The Balaban J connectivity index is 3.04. The molecule has 0 aromatic carbocycles. The molecule has 68 valence electrons. The van der Waals surface area contributed by atoms with Gasteiger partial charge in [0.1, 0.15) is 0 Å². The van der Waals surface area contributed by atoms with Crippen LogP contribution in [0.1, 0.15) is 26.2 Å². The molecule has 0 aliphatic heterocycles. The van der Waals surface area contributed by atoms with Crippen molar-refractivity contribution in [2.45, 2.75) is 26.2 Å². The van der Waals surface area contributed by atoms with Crippen LogP contribution in [0.2, 0.25) is 0 Å². The molecule has 0 fully saturated rings. The Morgan fingerprint density at radius 1 is 1.36 bits per heavy atom. The molecule has 11 heavy (non-hydrogen) atoms. The van der Waals surface area contributed by atoms with E-state index < -0.39 is 8.25 Å². The van der Waals surface area contributed by atoms with Crippen molar-refractivity contribution in [1.82, 2.24) is 0 Å². The zero-order valence-corrected chi connectivity index (χ0v) is 8.60. The number of rotatable bonds is 7. The van der Waals surface area contributed by atoms with Gasteiger partial charge in [0.15, 0.2) is 0 Å². The third-order valence-electron chi connectivity index (χ3n) is 1.15. The van der Waals surface area contributed by atoms with Gasteiger partial charge in [0.25, 0.3) is 0 Å². The molecule has 0 N–H and O–H groups in total. The summed E-state index contributed by atoms with van der Waals surface area (Å²) in [6, 6.07) is 0. The number of hydrogen-bond acceptors (Lipinski definition) is 4. The fourth-order valence-electron chi connectivity index (χ4n) is 0.602. The highest BCUT2D eigenvalue weighted by Crippen LogP contribution is 2.23. The largest absolute Gasteiger partial charge is 0.319 e. The van der Waals surface area contributed by atoms with E-state index in [4.69, 9.17) is 4.52 Å². The summed E-state index contributed by atoms with van der Waals surface area (Å²) in [7, 11) is -2.25. The maximum atomic E-state index is 10.7. The third kappa shape index (κ3) is 8.41. The van der Waals surface area contributed by atoms with Crippen LogP contribution in [0.4, 0.5) is 0 Å². The molecule has 0 heterocycles. The van der Waals surface area contributed by atoms with Crippen molar-refractivity contribution in [3.8, 4) is 0 Å². The average molecular weight is 198 g/mol. The molecular weight excluding hydrogens is 183 g/mol. The van der Waals surface area contributed by atoms with E-state index in [1.807, 2.05) is 0 Å². The first-order valence-corrected chi connectivity index (χ1v) is 5.57. The van der Waals surface area contributed by atoms with Crippen molar-refractivity contribution in [2.24, 2.45) is 0 Å². The summed E-state index contributed by atoms with van der Waals surface area (Å²) in [5.74, 6) is 0.158. The predicted molar refractivity (Wildman–Crippen MR) is 49.4 cm³/mol. The minimum atomic E-state index is -2.25. The summed E-state index contributed by atoms with van der Waals surface area (Å²) in [6.07, 6.45) is 3.19. The van der Waals surface area contributed by atoms with E-state index in [0.29, 0.717) is 6.61 Å². The molecule has 0 radical (unpaired) electrons. The van der Waals surface area contributed by atoms with Crippen LogP contribution in [0, 0.1) is 0 Å². The Hall–Kier alpha value is 0.500. The quantitative estimate of drug-likeness (QED) is 0.295. The lowest BCUT2D eigenvalue weighted by atomic mass is 10.3. The minimum absolute atomic E-state index is 0.158. The molecule has 0 bridgehead atoms. The molecule has 0 amide bonds. The van der Waals surface area contributed by atoms with Gasteiger partial charge in [-0.25, -0.2) is 0 Å². The summed E-state index contributed by atoms with van der Waals surface area (Å²) < 4.78 is 20.2. The van der Waals surface area contributed by atoms with Crippen molar-refractivity contribution < 1.29 is 13.6 Å². The van der Waals surface area contributed by atoms with Crippen LogP contribution in [-0.2, 0) is 13.6 Å². The lowest BCUT2D eigenvalue weighted by Gasteiger charge is -2.01. The Kier molecular flexibility index (Phi) is 8.99. The van der Waals surface area contributed by atoms with E-state index in [0.717, 1.165) is 19.3 Å². The second-order valence-corrected chi connectivity index (χ2v) is 3.41. The van der Waals surface area contributed by atoms with Crippen LogP contribution >= 0.6 is 20.9 Å². The summed E-state index contributed by atoms with van der Waals surface area (Å²) in [5, 5.41) is 0. The highest BCUT2D eigenvalue weighted by molar-refractivity contribution is 7.80. The molecular formula is C6H15O3PS. The van der Waals surface area contributed by atoms with E-state index in [9.17, 15) is 4.57 Å². The average Bonchev–Trinajstić information content (AvgIpc) is 1.99. The molecule has 0 spiro atoms. The van der Waals surface area contributed by atoms with Crippen LogP contribution in [0.15, 0.2) is 0 Å². The van der Waals surface area contributed by atoms with Gasteiger partial charge >= 0.3 is 8.25 Å². The predicted octanol–water partition coefficient (Wildman–Crippen LogP) is 2.49. The molecule has 0 aromatic heterocycles. The molecule has 0 aliphatic rings. The maximum Gasteiger partial charge on any atom is 0.319 e. The van der Waals surface area contributed by atoms with Crippen molar-refractivity contribution in [3.63, 3.8) is 0 Å². The Bertz CT molecular complexity index is 110. The van der Waals surface area contributed by atoms with Crippen molar-refractivity contribution in [3.05, 3.63) is 0 Å². The lowest BCUT2D eigenvalue weighted by Crippen LogP contribution is -1.87. The van der Waals surface area contributed by atoms with Gasteiger partial charge in [-0.15, -0.1) is 0 Å². The lowest BCUT2D eigenvalue weighted by molar-refractivity contribution is 0.246. The smallest absolute Gasteiger partial charge is 0.311 e. The van der Waals surface area contributed by atoms with E-state index in [-0.39, 0.29) is 5.94 Å². The minimum Gasteiger partial charge on any atom is -0.311 e. The zero-order chi connectivity index (χ0) is 8.53. The summed E-state index contributed by atoms with van der Waals surface area (Å²) in [5.41, 5.74) is 0. The fraction of sp³-hybridized carbons (Fsp3) is 1.00. The Morgan fingerprint density at radius 2 is 2.09 bits per heavy atom. The van der Waals surface area contributed by atoms with Crippen LogP contribution < -0.4 is 0 Å². The van der Waals surface area contributed by atoms with Gasteiger partial charge in [-0.2, -0.15) is 12.6 Å². The molecule has 3 nitrogen and oxygen atoms in total. The van der Waals surface area contributed by atoms with Gasteiger partial charge in [-0.1, -0.05) is 19.8 Å². The van der Waals surface area contributed by atoms with Crippen LogP contribution in [-0.4, -0.2) is 12.5 Å². The SMILES string of the molecule is CCCCCO[PH](=O)OCS. The summed E-state index contributed by atoms with van der Waals surface area (Å²) in [6.45, 7) is 2.63. The Labute approximate surface area is 73.8 Å². The Morgan fingerprint density at radius 3 is 2.64 bits per heavy atom. The molecule has 0 rings (SSSR count). The summed E-state index contributed by atoms with van der Waals surface area (Å²) >= 11 is 3.75. The molecule has 1 atom stereocenters. The second kappa shape index (κ2) is 8.60. The van der Waals surface area contributed by atoms with Gasteiger partial charge in [-0.05, 0) is 6.42 Å². The highest BCUT2D eigenvalue weighted by atomic mass is 32.1. The highest BCUT2D eigenvalue weighted by Gasteiger charge is 1.96. The van der Waals surface area contributed by atoms with E-state index >= 15 is 0 Å². The fourth-order valence-corrected chi connectivity index (χ4v) is 1.42. The molecule has 0 aromatic rings. The van der Waals surface area contributed by atoms with Crippen LogP contribution in [0.5, 0.6) is 0 Å². The van der Waals surface area contributed by atoms with E-state index in [1.165, 1.54) is 0 Å². The molecule has 0 saturated carbocycles. The van der Waals surface area contributed by atoms with Gasteiger partial charge in [-0.3, -0.25) is 9.09 Å². The molecule has 5 heteroatoms. The van der Waals surface area contributed by atoms with Gasteiger partial charge in [0.2, 0.25) is 0 Å². The third-order valence-corrected chi connectivity index (χ3v) is 2.34. The molecule has 0 aliphatic carbocycles. The first-order valence-electron chi connectivity index (χ1n) is 3.71.